The number of ether oxygens (including phenoxy) is 2. The number of hydrogen-bond acceptors (Lipinski definition) is 5. The second-order valence-electron chi connectivity index (χ2n) is 6.69. The fourth-order valence-electron chi connectivity index (χ4n) is 2.65. The minimum absolute atomic E-state index is 0.173. The van der Waals surface area contributed by atoms with Crippen molar-refractivity contribution in [1.29, 1.82) is 0 Å². The monoisotopic (exact) mass is 454 g/mol. The molecule has 0 aromatic heterocycles. The standard InChI is InChI=1S/C24H23ClN2O3S/c1-17-7-10-20(11-8-17)31-16-24(28)27-26-14-18-9-12-22(23(13-18)29-2)30-15-19-5-3-4-6-21(19)25/h3-14H,15-16H2,1-2H3,(H,27,28)/b26-14+. The highest BCUT2D eigenvalue weighted by atomic mass is 35.5. The number of amides is 1. The van der Waals surface area contributed by atoms with Crippen LogP contribution in [0.15, 0.2) is 76.7 Å². The van der Waals surface area contributed by atoms with Gasteiger partial charge in [0.2, 0.25) is 5.91 Å². The summed E-state index contributed by atoms with van der Waals surface area (Å²) in [5, 5.41) is 4.68. The van der Waals surface area contributed by atoms with Gasteiger partial charge >= 0.3 is 0 Å². The number of benzene rings is 3. The molecule has 1 N–H and O–H groups in total. The van der Waals surface area contributed by atoms with E-state index in [-0.39, 0.29) is 5.91 Å². The van der Waals surface area contributed by atoms with Gasteiger partial charge in [0.15, 0.2) is 11.5 Å². The van der Waals surface area contributed by atoms with Crippen molar-refractivity contribution in [2.75, 3.05) is 12.9 Å². The zero-order valence-corrected chi connectivity index (χ0v) is 18.9. The van der Waals surface area contributed by atoms with E-state index in [0.717, 1.165) is 16.0 Å². The largest absolute Gasteiger partial charge is 0.493 e. The first-order valence-corrected chi connectivity index (χ1v) is 11.0. The Hall–Kier alpha value is -2.96. The van der Waals surface area contributed by atoms with E-state index >= 15 is 0 Å². The zero-order chi connectivity index (χ0) is 22.1. The third-order valence-corrected chi connectivity index (χ3v) is 5.70. The minimum atomic E-state index is -0.173. The van der Waals surface area contributed by atoms with Gasteiger partial charge in [-0.3, -0.25) is 4.79 Å². The van der Waals surface area contributed by atoms with E-state index in [1.807, 2.05) is 61.5 Å². The lowest BCUT2D eigenvalue weighted by Gasteiger charge is -2.12. The molecule has 1 amide bonds. The van der Waals surface area contributed by atoms with Crippen molar-refractivity contribution in [2.45, 2.75) is 18.4 Å². The van der Waals surface area contributed by atoms with Crippen molar-refractivity contribution in [2.24, 2.45) is 5.10 Å². The van der Waals surface area contributed by atoms with E-state index in [1.165, 1.54) is 17.3 Å². The molecule has 0 aliphatic heterocycles. The lowest BCUT2D eigenvalue weighted by Crippen LogP contribution is -2.19. The summed E-state index contributed by atoms with van der Waals surface area (Å²) in [7, 11) is 1.57. The Bertz CT molecular complexity index is 1050. The van der Waals surface area contributed by atoms with Gasteiger partial charge < -0.3 is 9.47 Å². The quantitative estimate of drug-likeness (QED) is 0.264. The van der Waals surface area contributed by atoms with Gasteiger partial charge in [0.05, 0.1) is 19.1 Å². The number of nitrogens with zero attached hydrogens (tertiary/aromatic N) is 1. The molecule has 31 heavy (non-hydrogen) atoms. The van der Waals surface area contributed by atoms with Crippen LogP contribution in [-0.4, -0.2) is 25.0 Å². The van der Waals surface area contributed by atoms with Gasteiger partial charge in [-0.2, -0.15) is 5.10 Å². The van der Waals surface area contributed by atoms with Crippen LogP contribution in [0.1, 0.15) is 16.7 Å². The summed E-state index contributed by atoms with van der Waals surface area (Å²) in [5.41, 5.74) is 5.39. The highest BCUT2D eigenvalue weighted by molar-refractivity contribution is 8.00. The lowest BCUT2D eigenvalue weighted by atomic mass is 10.2. The van der Waals surface area contributed by atoms with Gasteiger partial charge in [-0.15, -0.1) is 11.8 Å². The van der Waals surface area contributed by atoms with Gasteiger partial charge in [-0.1, -0.05) is 47.5 Å². The maximum absolute atomic E-state index is 12.0. The SMILES string of the molecule is COc1cc(/C=N/NC(=O)CSc2ccc(C)cc2)ccc1OCc1ccccc1Cl. The topological polar surface area (TPSA) is 59.9 Å². The van der Waals surface area contributed by atoms with Crippen LogP contribution in [0, 0.1) is 6.92 Å². The number of hydrogen-bond donors (Lipinski definition) is 1. The average molecular weight is 455 g/mol. The van der Waals surface area contributed by atoms with Crippen LogP contribution < -0.4 is 14.9 Å². The predicted octanol–water partition coefficient (Wildman–Crippen LogP) is 5.48. The summed E-state index contributed by atoms with van der Waals surface area (Å²) in [6, 6.07) is 21.0. The third-order valence-electron chi connectivity index (χ3n) is 4.32. The number of methoxy groups -OCH3 is 1. The summed E-state index contributed by atoms with van der Waals surface area (Å²) >= 11 is 7.64. The lowest BCUT2D eigenvalue weighted by molar-refractivity contribution is -0.118. The van der Waals surface area contributed by atoms with Crippen LogP contribution in [0.25, 0.3) is 0 Å². The van der Waals surface area contributed by atoms with Crippen molar-refractivity contribution in [3.05, 3.63) is 88.4 Å². The van der Waals surface area contributed by atoms with Crippen molar-refractivity contribution in [3.63, 3.8) is 0 Å². The van der Waals surface area contributed by atoms with Crippen LogP contribution in [-0.2, 0) is 11.4 Å². The number of nitrogens with one attached hydrogen (secondary N) is 1. The van der Waals surface area contributed by atoms with Crippen LogP contribution >= 0.6 is 23.4 Å². The van der Waals surface area contributed by atoms with Gasteiger partial charge in [0, 0.05) is 15.5 Å². The molecule has 7 heteroatoms. The smallest absolute Gasteiger partial charge is 0.250 e. The molecule has 3 aromatic carbocycles. The average Bonchev–Trinajstić information content (AvgIpc) is 2.78. The Labute approximate surface area is 191 Å². The molecule has 0 aliphatic carbocycles. The number of aryl methyl sites for hydroxylation is 1. The van der Waals surface area contributed by atoms with E-state index < -0.39 is 0 Å². The second-order valence-corrected chi connectivity index (χ2v) is 8.14. The summed E-state index contributed by atoms with van der Waals surface area (Å²) in [6.45, 7) is 2.36. The molecule has 0 saturated carbocycles. The van der Waals surface area contributed by atoms with Crippen LogP contribution in [0.4, 0.5) is 0 Å². The molecule has 0 aliphatic rings. The zero-order valence-electron chi connectivity index (χ0n) is 17.3. The number of halogens is 1. The van der Waals surface area contributed by atoms with Gasteiger partial charge in [0.25, 0.3) is 0 Å². The third kappa shape index (κ3) is 7.05. The molecule has 3 aromatic rings. The van der Waals surface area contributed by atoms with Crippen LogP contribution in [0.5, 0.6) is 11.5 Å². The minimum Gasteiger partial charge on any atom is -0.493 e. The summed E-state index contributed by atoms with van der Waals surface area (Å²) in [6.07, 6.45) is 1.56. The Kier molecular flexibility index (Phi) is 8.38. The van der Waals surface area contributed by atoms with E-state index in [2.05, 4.69) is 10.5 Å². The number of thioether (sulfide) groups is 1. The van der Waals surface area contributed by atoms with Gasteiger partial charge in [0.1, 0.15) is 6.61 Å². The summed E-state index contributed by atoms with van der Waals surface area (Å²) in [5.74, 6) is 1.28. The Morgan fingerprint density at radius 3 is 2.61 bits per heavy atom. The van der Waals surface area contributed by atoms with Crippen molar-refractivity contribution >= 4 is 35.5 Å². The Morgan fingerprint density at radius 1 is 1.10 bits per heavy atom. The molecule has 0 spiro atoms. The fourth-order valence-corrected chi connectivity index (χ4v) is 3.53. The maximum atomic E-state index is 12.0. The molecule has 0 saturated heterocycles. The molecule has 5 nitrogen and oxygen atoms in total. The number of carbonyl (C=O) groups is 1. The van der Waals surface area contributed by atoms with Gasteiger partial charge in [-0.05, 0) is 48.9 Å². The molecule has 3 rings (SSSR count). The molecule has 0 heterocycles. The van der Waals surface area contributed by atoms with Gasteiger partial charge in [-0.25, -0.2) is 5.43 Å². The number of hydrazone groups is 1. The van der Waals surface area contributed by atoms with Crippen molar-refractivity contribution in [1.82, 2.24) is 5.43 Å². The summed E-state index contributed by atoms with van der Waals surface area (Å²) in [4.78, 5) is 13.0. The normalized spacial score (nSPS) is 10.8. The molecule has 0 radical (unpaired) electrons. The number of carbonyl (C=O) groups excluding carboxylic acids is 1. The van der Waals surface area contributed by atoms with E-state index in [4.69, 9.17) is 21.1 Å². The van der Waals surface area contributed by atoms with Crippen LogP contribution in [0.3, 0.4) is 0 Å². The molecule has 0 bridgehead atoms. The first-order valence-electron chi connectivity index (χ1n) is 9.61. The van der Waals surface area contributed by atoms with E-state index in [0.29, 0.717) is 28.9 Å². The molecule has 0 fully saturated rings. The van der Waals surface area contributed by atoms with Crippen molar-refractivity contribution in [3.8, 4) is 11.5 Å². The first-order chi connectivity index (χ1) is 15.0. The maximum Gasteiger partial charge on any atom is 0.250 e. The number of rotatable bonds is 9. The predicted molar refractivity (Wildman–Crippen MR) is 126 cm³/mol. The highest BCUT2D eigenvalue weighted by Gasteiger charge is 2.07. The molecular weight excluding hydrogens is 432 g/mol. The van der Waals surface area contributed by atoms with Crippen LogP contribution in [0.2, 0.25) is 5.02 Å². The van der Waals surface area contributed by atoms with E-state index in [9.17, 15) is 4.79 Å². The molecule has 0 unspecified atom stereocenters. The molecular formula is C24H23ClN2O3S. The Balaban J connectivity index is 1.52. The van der Waals surface area contributed by atoms with Crippen molar-refractivity contribution < 1.29 is 14.3 Å². The molecule has 160 valence electrons. The fraction of sp³-hybridized carbons (Fsp3) is 0.167. The molecule has 0 atom stereocenters. The second kappa shape index (κ2) is 11.4. The highest BCUT2D eigenvalue weighted by Crippen LogP contribution is 2.29. The first kappa shape index (κ1) is 22.7. The summed E-state index contributed by atoms with van der Waals surface area (Å²) < 4.78 is 11.3. The Morgan fingerprint density at radius 2 is 1.87 bits per heavy atom. The van der Waals surface area contributed by atoms with E-state index in [1.54, 1.807) is 25.5 Å².